The van der Waals surface area contributed by atoms with Crippen LogP contribution in [-0.2, 0) is 36.5 Å². The van der Waals surface area contributed by atoms with Crippen molar-refractivity contribution in [2.45, 2.75) is 24.5 Å². The molecule has 2 rings (SSSR count). The lowest BCUT2D eigenvalue weighted by Crippen LogP contribution is -2.64. The van der Waals surface area contributed by atoms with Gasteiger partial charge in [-0.3, -0.25) is 9.69 Å². The molecule has 2 aliphatic rings. The molecule has 3 amide bonds. The van der Waals surface area contributed by atoms with Crippen molar-refractivity contribution in [3.05, 3.63) is 12.3 Å². The highest BCUT2D eigenvalue weighted by Crippen LogP contribution is 2.67. The Morgan fingerprint density at radius 1 is 1.03 bits per heavy atom. The molecule has 18 nitrogen and oxygen atoms in total. The molecule has 3 unspecified atom stereocenters. The van der Waals surface area contributed by atoms with Crippen molar-refractivity contribution in [3.8, 4) is 0 Å². The number of hydrogen-bond donors (Lipinski definition) is 8. The monoisotopic (exact) mass is 501 g/mol. The van der Waals surface area contributed by atoms with Gasteiger partial charge in [-0.1, -0.05) is 4.62 Å². The highest BCUT2D eigenvalue weighted by molar-refractivity contribution is 7.66. The van der Waals surface area contributed by atoms with Crippen molar-refractivity contribution in [2.75, 3.05) is 6.61 Å². The van der Waals surface area contributed by atoms with Crippen molar-refractivity contribution < 1.29 is 80.8 Å². The summed E-state index contributed by atoms with van der Waals surface area (Å²) < 4.78 is 48.9. The van der Waals surface area contributed by atoms with Gasteiger partial charge in [0.2, 0.25) is 0 Å². The summed E-state index contributed by atoms with van der Waals surface area (Å²) in [7, 11) is -17.7. The number of hydrogen-bond acceptors (Lipinski definition) is 12. The first-order valence-electron chi connectivity index (χ1n) is 7.43. The van der Waals surface area contributed by atoms with Gasteiger partial charge in [0.1, 0.15) is 18.4 Å². The average Bonchev–Trinajstić information content (AvgIpc) is 2.82. The number of imide groups is 1. The minimum atomic E-state index is -5.99. The van der Waals surface area contributed by atoms with Gasteiger partial charge in [0.15, 0.2) is 6.10 Å². The normalized spacial score (nSPS) is 36.2. The molecule has 1 saturated heterocycles. The molecule has 0 aromatic carbocycles. The number of urea groups is 1. The minimum absolute atomic E-state index is 0.444. The summed E-state index contributed by atoms with van der Waals surface area (Å²) >= 11 is 0. The molecule has 21 heteroatoms. The standard InChI is InChI=1S/C9H15N2O16P3/c12-3-4-6(14)7(15)8(24-4)11(2-1-5(13)10-9(11)16)25-29(20,21)27-30(22,23)26-28(17,18)19/h1-2,4,6-8,12,14-15H,3H2,(H4-,10,13,16,17,18,19,20,21,22,23)/p+1/t4-,6-,7-,8-,11?/m1/s1. The Morgan fingerprint density at radius 2 is 1.63 bits per heavy atom. The smallest absolute Gasteiger partial charge is 0.394 e. The van der Waals surface area contributed by atoms with Gasteiger partial charge in [0, 0.05) is 0 Å². The molecule has 1 fully saturated rings. The number of rotatable bonds is 8. The van der Waals surface area contributed by atoms with E-state index in [2.05, 4.69) is 13.2 Å². The van der Waals surface area contributed by atoms with Gasteiger partial charge in [-0.25, -0.2) is 23.8 Å². The second-order valence-electron chi connectivity index (χ2n) is 5.72. The summed E-state index contributed by atoms with van der Waals surface area (Å²) in [6.45, 7) is -0.895. The van der Waals surface area contributed by atoms with Gasteiger partial charge in [-0.2, -0.15) is 8.62 Å². The van der Waals surface area contributed by atoms with Crippen molar-refractivity contribution in [2.24, 2.45) is 0 Å². The number of ether oxygens (including phenoxy) is 1. The number of carbonyl (C=O) groups excluding carboxylic acids is 2. The molecular formula is C9H16N2O16P3+. The molecular weight excluding hydrogens is 485 g/mol. The zero-order valence-corrected chi connectivity index (χ0v) is 16.9. The van der Waals surface area contributed by atoms with Crippen LogP contribution < -0.4 is 5.32 Å². The third kappa shape index (κ3) is 5.66. The van der Waals surface area contributed by atoms with Crippen molar-refractivity contribution >= 4 is 35.4 Å². The van der Waals surface area contributed by atoms with Crippen molar-refractivity contribution in [3.63, 3.8) is 0 Å². The highest BCUT2D eigenvalue weighted by atomic mass is 31.3. The predicted octanol–water partition coefficient (Wildman–Crippen LogP) is -2.74. The van der Waals surface area contributed by atoms with Crippen LogP contribution in [0, 0.1) is 0 Å². The van der Waals surface area contributed by atoms with Crippen LogP contribution in [0.1, 0.15) is 0 Å². The minimum Gasteiger partial charge on any atom is -0.394 e. The predicted molar refractivity (Wildman–Crippen MR) is 85.6 cm³/mol. The zero-order chi connectivity index (χ0) is 23.1. The topological polar surface area (TPSA) is 276 Å². The number of nitrogens with one attached hydrogen (secondary N) is 1. The Morgan fingerprint density at radius 3 is 2.10 bits per heavy atom. The van der Waals surface area contributed by atoms with E-state index >= 15 is 0 Å². The van der Waals surface area contributed by atoms with E-state index in [-0.39, 0.29) is 0 Å². The summed E-state index contributed by atoms with van der Waals surface area (Å²) in [5, 5.41) is 30.7. The zero-order valence-electron chi connectivity index (χ0n) is 14.3. The maximum absolute atomic E-state index is 12.4. The number of quaternary nitrogens is 1. The van der Waals surface area contributed by atoms with Gasteiger partial charge < -0.3 is 34.7 Å². The Hall–Kier alpha value is -0.910. The van der Waals surface area contributed by atoms with Gasteiger partial charge in [0.05, 0.1) is 12.7 Å². The number of amides is 3. The molecule has 0 radical (unpaired) electrons. The molecule has 0 aromatic heterocycles. The molecule has 0 aromatic rings. The molecule has 2 aliphatic heterocycles. The number of hydroxylamine groups is 3. The molecule has 7 atom stereocenters. The third-order valence-electron chi connectivity index (χ3n) is 3.54. The maximum Gasteiger partial charge on any atom is 0.528 e. The number of aliphatic hydroxyl groups excluding tert-OH is 3. The van der Waals surface area contributed by atoms with Crippen LogP contribution in [0.25, 0.3) is 0 Å². The number of phosphoric acid groups is 3. The van der Waals surface area contributed by atoms with E-state index in [1.165, 1.54) is 0 Å². The van der Waals surface area contributed by atoms with Crippen LogP contribution in [0.5, 0.6) is 0 Å². The summed E-state index contributed by atoms with van der Waals surface area (Å²) in [5.74, 6) is -1.06. The molecule has 0 spiro atoms. The van der Waals surface area contributed by atoms with Gasteiger partial charge in [-0.05, 0) is 4.65 Å². The number of carbonyl (C=O) groups is 2. The fraction of sp³-hybridized carbons (Fsp3) is 0.556. The van der Waals surface area contributed by atoms with Crippen LogP contribution in [0.15, 0.2) is 12.3 Å². The molecule has 8 N–H and O–H groups in total. The van der Waals surface area contributed by atoms with Crippen LogP contribution >= 0.6 is 23.5 Å². The molecule has 0 aliphatic carbocycles. The van der Waals surface area contributed by atoms with E-state index in [1.54, 1.807) is 5.32 Å². The second kappa shape index (κ2) is 8.55. The van der Waals surface area contributed by atoms with Crippen LogP contribution in [-0.4, -0.2) is 82.6 Å². The lowest BCUT2D eigenvalue weighted by molar-refractivity contribution is -1.01. The van der Waals surface area contributed by atoms with E-state index in [0.29, 0.717) is 12.3 Å². The van der Waals surface area contributed by atoms with Crippen LogP contribution in [0.4, 0.5) is 4.79 Å². The van der Waals surface area contributed by atoms with E-state index in [4.69, 9.17) is 19.6 Å². The first kappa shape index (κ1) is 25.4. The molecule has 172 valence electrons. The lowest BCUT2D eigenvalue weighted by Gasteiger charge is -2.35. The molecule has 0 saturated carbocycles. The summed E-state index contributed by atoms with van der Waals surface area (Å²) in [6.07, 6.45) is -6.59. The fourth-order valence-electron chi connectivity index (χ4n) is 2.45. The van der Waals surface area contributed by atoms with Gasteiger partial charge in [0.25, 0.3) is 12.1 Å². The first-order chi connectivity index (χ1) is 13.5. The number of nitrogens with zero attached hydrogens (tertiary/aromatic N) is 1. The van der Waals surface area contributed by atoms with Crippen LogP contribution in [0.3, 0.4) is 0 Å². The maximum atomic E-state index is 12.4. The SMILES string of the molecule is O=C1C=C[N+](OP(=O)(O)OP(=O)(O)OP(=O)(O)O)([C@@H]2O[C@H](CO)[C@@H](O)[C@H]2O)C(=O)N1. The average molecular weight is 501 g/mol. The summed E-state index contributed by atoms with van der Waals surface area (Å²) in [5.41, 5.74) is 0. The molecule has 0 bridgehead atoms. The molecule has 2 heterocycles. The second-order valence-corrected chi connectivity index (χ2v) is 10.0. The van der Waals surface area contributed by atoms with Gasteiger partial charge >= 0.3 is 29.5 Å². The van der Waals surface area contributed by atoms with Crippen LogP contribution in [0.2, 0.25) is 0 Å². The lowest BCUT2D eigenvalue weighted by atomic mass is 10.1. The Kier molecular flexibility index (Phi) is 7.23. The Bertz CT molecular complexity index is 885. The quantitative estimate of drug-likeness (QED) is 0.124. The number of aliphatic hydroxyl groups is 3. The van der Waals surface area contributed by atoms with Crippen molar-refractivity contribution in [1.82, 2.24) is 5.32 Å². The Balaban J connectivity index is 2.42. The van der Waals surface area contributed by atoms with Crippen molar-refractivity contribution in [1.29, 1.82) is 0 Å². The Labute approximate surface area is 165 Å². The first-order valence-corrected chi connectivity index (χ1v) is 11.9. The third-order valence-corrected chi connectivity index (χ3v) is 7.35. The van der Waals surface area contributed by atoms with E-state index in [9.17, 15) is 43.3 Å². The van der Waals surface area contributed by atoms with E-state index < -0.39 is 71.2 Å². The highest BCUT2D eigenvalue weighted by Gasteiger charge is 2.63. The largest absolute Gasteiger partial charge is 0.528 e. The van der Waals surface area contributed by atoms with E-state index in [0.717, 1.165) is 0 Å². The molecule has 30 heavy (non-hydrogen) atoms. The fourth-order valence-corrected chi connectivity index (χ4v) is 5.64. The summed E-state index contributed by atoms with van der Waals surface area (Å²) in [6, 6.07) is -1.61. The van der Waals surface area contributed by atoms with Gasteiger partial charge in [-0.15, -0.1) is 0 Å². The van der Waals surface area contributed by atoms with E-state index in [1.807, 2.05) is 0 Å². The summed E-state index contributed by atoms with van der Waals surface area (Å²) in [4.78, 5) is 59.8.